The van der Waals surface area contributed by atoms with E-state index < -0.39 is 0 Å². The highest BCUT2D eigenvalue weighted by Gasteiger charge is 2.36. The molecule has 0 amide bonds. The van der Waals surface area contributed by atoms with Crippen LogP contribution in [-0.4, -0.2) is 50.8 Å². The van der Waals surface area contributed by atoms with Crippen molar-refractivity contribution in [3.63, 3.8) is 0 Å². The minimum absolute atomic E-state index is 0.479. The summed E-state index contributed by atoms with van der Waals surface area (Å²) in [7, 11) is 1.67. The van der Waals surface area contributed by atoms with Gasteiger partial charge < -0.3 is 20.1 Å². The fourth-order valence-electron chi connectivity index (χ4n) is 5.26. The smallest absolute Gasteiger partial charge is 0.139 e. The Balaban J connectivity index is 1.50. The van der Waals surface area contributed by atoms with Gasteiger partial charge in [0.05, 0.1) is 18.7 Å². The summed E-state index contributed by atoms with van der Waals surface area (Å²) in [5.41, 5.74) is 10.9. The molecule has 2 aromatic rings. The van der Waals surface area contributed by atoms with Crippen LogP contribution in [0.2, 0.25) is 5.02 Å². The maximum absolute atomic E-state index is 6.24. The molecule has 0 bridgehead atoms. The summed E-state index contributed by atoms with van der Waals surface area (Å²) in [6.07, 6.45) is 4.61. The van der Waals surface area contributed by atoms with Crippen LogP contribution >= 0.6 is 11.6 Å². The van der Waals surface area contributed by atoms with Crippen LogP contribution in [0.25, 0.3) is 0 Å². The number of halogens is 1. The summed E-state index contributed by atoms with van der Waals surface area (Å²) in [6, 6.07) is 11.6. The average molecular weight is 458 g/mol. The van der Waals surface area contributed by atoms with Gasteiger partial charge >= 0.3 is 0 Å². The largest absolute Gasteiger partial charge is 0.495 e. The predicted octanol–water partition coefficient (Wildman–Crippen LogP) is 5.11. The number of piperidine rings is 1. The fraction of sp³-hybridized carbons (Fsp3) is 0.538. The molecular formula is C26H36ClN3O2. The number of methoxy groups -OCH3 is 1. The molecule has 5 nitrogen and oxygen atoms in total. The lowest BCUT2D eigenvalue weighted by Crippen LogP contribution is -2.56. The zero-order valence-corrected chi connectivity index (χ0v) is 20.3. The third-order valence-electron chi connectivity index (χ3n) is 7.19. The van der Waals surface area contributed by atoms with E-state index in [1.54, 1.807) is 7.11 Å². The van der Waals surface area contributed by atoms with Crippen LogP contribution in [0, 0.1) is 13.8 Å². The van der Waals surface area contributed by atoms with Crippen molar-refractivity contribution in [2.45, 2.75) is 51.6 Å². The molecule has 174 valence electrons. The molecule has 0 saturated carbocycles. The Morgan fingerprint density at radius 3 is 2.69 bits per heavy atom. The van der Waals surface area contributed by atoms with Gasteiger partial charge in [-0.15, -0.1) is 0 Å². The number of ether oxygens (including phenoxy) is 2. The fourth-order valence-corrected chi connectivity index (χ4v) is 5.46. The van der Waals surface area contributed by atoms with Crippen molar-refractivity contribution in [3.05, 3.63) is 52.0 Å². The molecule has 2 unspecified atom stereocenters. The van der Waals surface area contributed by atoms with E-state index in [-0.39, 0.29) is 0 Å². The highest BCUT2D eigenvalue weighted by molar-refractivity contribution is 6.32. The first kappa shape index (κ1) is 23.2. The quantitative estimate of drug-likeness (QED) is 0.585. The zero-order chi connectivity index (χ0) is 22.7. The number of benzene rings is 2. The molecule has 0 aromatic heterocycles. The number of nitrogens with two attached hydrogens (primary N) is 1. The lowest BCUT2D eigenvalue weighted by atomic mass is 9.86. The number of piperazine rings is 1. The van der Waals surface area contributed by atoms with Gasteiger partial charge in [-0.25, -0.2) is 0 Å². The maximum Gasteiger partial charge on any atom is 0.139 e. The molecular weight excluding hydrogens is 422 g/mol. The van der Waals surface area contributed by atoms with Crippen molar-refractivity contribution in [2.24, 2.45) is 5.73 Å². The highest BCUT2D eigenvalue weighted by Crippen LogP contribution is 2.40. The second-order valence-corrected chi connectivity index (χ2v) is 9.40. The summed E-state index contributed by atoms with van der Waals surface area (Å²) in [5, 5.41) is 0.661. The number of fused-ring (bicyclic) bond motifs is 1. The van der Waals surface area contributed by atoms with Crippen LogP contribution in [0.15, 0.2) is 30.3 Å². The van der Waals surface area contributed by atoms with E-state index in [1.165, 1.54) is 41.6 Å². The molecule has 32 heavy (non-hydrogen) atoms. The van der Waals surface area contributed by atoms with Gasteiger partial charge in [0.25, 0.3) is 0 Å². The molecule has 2 heterocycles. The summed E-state index contributed by atoms with van der Waals surface area (Å²) in [6.45, 7) is 8.89. The van der Waals surface area contributed by atoms with Crippen molar-refractivity contribution < 1.29 is 9.47 Å². The van der Waals surface area contributed by atoms with E-state index in [1.807, 2.05) is 6.07 Å². The number of rotatable bonds is 7. The Labute approximate surface area is 197 Å². The van der Waals surface area contributed by atoms with E-state index in [2.05, 4.69) is 47.9 Å². The molecule has 2 aliphatic rings. The Hall–Kier alpha value is -1.95. The summed E-state index contributed by atoms with van der Waals surface area (Å²) in [4.78, 5) is 5.22. The van der Waals surface area contributed by atoms with Gasteiger partial charge in [0, 0.05) is 43.5 Å². The molecule has 0 spiro atoms. The van der Waals surface area contributed by atoms with Gasteiger partial charge in [0.2, 0.25) is 0 Å². The predicted molar refractivity (Wildman–Crippen MR) is 132 cm³/mol. The Kier molecular flexibility index (Phi) is 7.49. The first-order chi connectivity index (χ1) is 15.5. The van der Waals surface area contributed by atoms with E-state index in [0.717, 1.165) is 37.6 Å². The minimum Gasteiger partial charge on any atom is -0.495 e. The van der Waals surface area contributed by atoms with Crippen LogP contribution in [0.5, 0.6) is 11.5 Å². The molecule has 2 aliphatic heterocycles. The molecule has 2 fully saturated rings. The first-order valence-electron chi connectivity index (χ1n) is 11.8. The lowest BCUT2D eigenvalue weighted by molar-refractivity contribution is 0.0712. The third-order valence-corrected chi connectivity index (χ3v) is 7.50. The Morgan fingerprint density at radius 2 is 1.91 bits per heavy atom. The number of nitrogens with zero attached hydrogens (tertiary/aromatic N) is 2. The van der Waals surface area contributed by atoms with Crippen molar-refractivity contribution in [1.82, 2.24) is 4.90 Å². The molecule has 2 aromatic carbocycles. The van der Waals surface area contributed by atoms with Crippen molar-refractivity contribution in [2.75, 3.05) is 44.8 Å². The normalized spacial score (nSPS) is 21.3. The van der Waals surface area contributed by atoms with E-state index in [9.17, 15) is 0 Å². The molecule has 4 rings (SSSR count). The van der Waals surface area contributed by atoms with Gasteiger partial charge in [0.1, 0.15) is 11.5 Å². The molecule has 6 heteroatoms. The van der Waals surface area contributed by atoms with Crippen LogP contribution < -0.4 is 20.1 Å². The Bertz CT molecular complexity index is 936. The lowest BCUT2D eigenvalue weighted by Gasteiger charge is -2.49. The van der Waals surface area contributed by atoms with Crippen LogP contribution in [-0.2, 0) is 0 Å². The third kappa shape index (κ3) is 4.70. The minimum atomic E-state index is 0.479. The molecule has 0 aliphatic carbocycles. The topological polar surface area (TPSA) is 51.0 Å². The maximum atomic E-state index is 6.24. The summed E-state index contributed by atoms with van der Waals surface area (Å²) < 4.78 is 11.4. The van der Waals surface area contributed by atoms with Crippen molar-refractivity contribution >= 4 is 17.3 Å². The van der Waals surface area contributed by atoms with Crippen molar-refractivity contribution in [3.8, 4) is 11.5 Å². The monoisotopic (exact) mass is 457 g/mol. The SMILES string of the molecule is COc1cc(N2CCN3C(CCCC3c3ccc(OCCCN)c(C)c3C)C2)ccc1Cl. The van der Waals surface area contributed by atoms with Gasteiger partial charge in [-0.05, 0) is 81.0 Å². The second kappa shape index (κ2) is 10.3. The summed E-state index contributed by atoms with van der Waals surface area (Å²) in [5.74, 6) is 1.74. The highest BCUT2D eigenvalue weighted by atomic mass is 35.5. The van der Waals surface area contributed by atoms with Gasteiger partial charge in [-0.2, -0.15) is 0 Å². The van der Waals surface area contributed by atoms with Gasteiger partial charge in [-0.1, -0.05) is 17.7 Å². The molecule has 2 N–H and O–H groups in total. The number of hydrogen-bond acceptors (Lipinski definition) is 5. The molecule has 2 saturated heterocycles. The zero-order valence-electron chi connectivity index (χ0n) is 19.6. The number of anilines is 1. The Morgan fingerprint density at radius 1 is 1.06 bits per heavy atom. The number of hydrogen-bond donors (Lipinski definition) is 1. The van der Waals surface area contributed by atoms with Crippen LogP contribution in [0.1, 0.15) is 48.4 Å². The molecule has 0 radical (unpaired) electrons. The van der Waals surface area contributed by atoms with E-state index >= 15 is 0 Å². The van der Waals surface area contributed by atoms with Gasteiger partial charge in [0.15, 0.2) is 0 Å². The standard InChI is InChI=1S/C26H36ClN3O2/c1-18-19(2)25(32-15-5-12-28)11-9-22(18)24-7-4-6-21-17-29(13-14-30(21)24)20-8-10-23(27)26(16-20)31-3/h8-11,16,21,24H,4-7,12-15,17,28H2,1-3H3. The average Bonchev–Trinajstić information content (AvgIpc) is 2.82. The van der Waals surface area contributed by atoms with Gasteiger partial charge in [-0.3, -0.25) is 4.90 Å². The summed E-state index contributed by atoms with van der Waals surface area (Å²) >= 11 is 6.24. The van der Waals surface area contributed by atoms with Crippen LogP contribution in [0.4, 0.5) is 5.69 Å². The van der Waals surface area contributed by atoms with E-state index in [0.29, 0.717) is 30.3 Å². The second-order valence-electron chi connectivity index (χ2n) is 9.00. The molecule has 2 atom stereocenters. The van der Waals surface area contributed by atoms with E-state index in [4.69, 9.17) is 26.8 Å². The van der Waals surface area contributed by atoms with Crippen molar-refractivity contribution in [1.29, 1.82) is 0 Å². The first-order valence-corrected chi connectivity index (χ1v) is 12.2. The van der Waals surface area contributed by atoms with Crippen LogP contribution in [0.3, 0.4) is 0 Å².